The highest BCUT2D eigenvalue weighted by Gasteiger charge is 2.29. The van der Waals surface area contributed by atoms with E-state index >= 15 is 0 Å². The first-order valence-corrected chi connectivity index (χ1v) is 3.53. The number of ether oxygens (including phenoxy) is 1. The van der Waals surface area contributed by atoms with Crippen molar-refractivity contribution in [2.24, 2.45) is 0 Å². The van der Waals surface area contributed by atoms with Gasteiger partial charge in [0, 0.05) is 0 Å². The Balaban J connectivity index is 2.13. The maximum absolute atomic E-state index is 9.03. The average molecular weight is 130 g/mol. The predicted octanol–water partition coefficient (Wildman–Crippen LogP) is 0.935. The summed E-state index contributed by atoms with van der Waals surface area (Å²) >= 11 is 0. The summed E-state index contributed by atoms with van der Waals surface area (Å²) in [5.74, 6) is 0. The van der Waals surface area contributed by atoms with Crippen LogP contribution in [0.3, 0.4) is 0 Å². The molecule has 0 saturated heterocycles. The Labute approximate surface area is 55.8 Å². The molecular formula is C7H14O2. The molecule has 1 fully saturated rings. The highest BCUT2D eigenvalue weighted by molar-refractivity contribution is 4.80. The van der Waals surface area contributed by atoms with Crippen molar-refractivity contribution >= 4 is 0 Å². The molecule has 0 radical (unpaired) electrons. The van der Waals surface area contributed by atoms with Crippen LogP contribution in [0, 0.1) is 0 Å². The first-order chi connectivity index (χ1) is 4.20. The second-order valence-corrected chi connectivity index (χ2v) is 2.87. The Hall–Kier alpha value is -0.0800. The van der Waals surface area contributed by atoms with Gasteiger partial charge in [0.25, 0.3) is 0 Å². The van der Waals surface area contributed by atoms with Crippen LogP contribution in [0.1, 0.15) is 26.7 Å². The molecule has 2 nitrogen and oxygen atoms in total. The molecule has 2 unspecified atom stereocenters. The molecule has 54 valence electrons. The minimum atomic E-state index is -0.188. The Kier molecular flexibility index (Phi) is 2.09. The molecule has 0 spiro atoms. The molecule has 0 amide bonds. The third kappa shape index (κ3) is 1.66. The van der Waals surface area contributed by atoms with Crippen LogP contribution in [0.15, 0.2) is 0 Å². The summed E-state index contributed by atoms with van der Waals surface area (Å²) in [4.78, 5) is 0. The molecule has 1 aliphatic rings. The number of hydrogen-bond donors (Lipinski definition) is 1. The third-order valence-electron chi connectivity index (χ3n) is 1.62. The van der Waals surface area contributed by atoms with Crippen molar-refractivity contribution in [2.75, 3.05) is 0 Å². The van der Waals surface area contributed by atoms with Crippen LogP contribution >= 0.6 is 0 Å². The summed E-state index contributed by atoms with van der Waals surface area (Å²) in [7, 11) is 0. The van der Waals surface area contributed by atoms with Crippen molar-refractivity contribution in [1.29, 1.82) is 0 Å². The van der Waals surface area contributed by atoms with E-state index in [4.69, 9.17) is 9.84 Å². The van der Waals surface area contributed by atoms with Gasteiger partial charge in [-0.1, -0.05) is 0 Å². The fourth-order valence-electron chi connectivity index (χ4n) is 0.960. The standard InChI is InChI=1S/C7H14O2/c1-5(2)9-7-4-3-6(7)8/h5-8H,3-4H2,1-2H3. The summed E-state index contributed by atoms with van der Waals surface area (Å²) < 4.78 is 5.35. The Morgan fingerprint density at radius 1 is 1.44 bits per heavy atom. The molecule has 0 aromatic carbocycles. The van der Waals surface area contributed by atoms with E-state index in [9.17, 15) is 0 Å². The molecule has 0 aromatic heterocycles. The molecule has 1 saturated carbocycles. The van der Waals surface area contributed by atoms with Crippen LogP contribution in [-0.4, -0.2) is 23.4 Å². The van der Waals surface area contributed by atoms with Crippen molar-refractivity contribution < 1.29 is 9.84 Å². The summed E-state index contributed by atoms with van der Waals surface area (Å²) in [5, 5.41) is 9.03. The summed E-state index contributed by atoms with van der Waals surface area (Å²) in [6, 6.07) is 0. The quantitative estimate of drug-likeness (QED) is 0.602. The van der Waals surface area contributed by atoms with Crippen molar-refractivity contribution in [1.82, 2.24) is 0 Å². The van der Waals surface area contributed by atoms with Crippen LogP contribution in [-0.2, 0) is 4.74 Å². The van der Waals surface area contributed by atoms with E-state index in [2.05, 4.69) is 0 Å². The second kappa shape index (κ2) is 2.67. The van der Waals surface area contributed by atoms with Crippen LogP contribution in [0.4, 0.5) is 0 Å². The van der Waals surface area contributed by atoms with E-state index in [1.165, 1.54) is 0 Å². The highest BCUT2D eigenvalue weighted by Crippen LogP contribution is 2.23. The molecule has 0 aliphatic heterocycles. The fraction of sp³-hybridized carbons (Fsp3) is 1.00. The van der Waals surface area contributed by atoms with Crippen molar-refractivity contribution in [3.63, 3.8) is 0 Å². The van der Waals surface area contributed by atoms with Gasteiger partial charge in [0.15, 0.2) is 0 Å². The Bertz CT molecular complexity index is 90.9. The van der Waals surface area contributed by atoms with Gasteiger partial charge in [-0.25, -0.2) is 0 Å². The smallest absolute Gasteiger partial charge is 0.0838 e. The first kappa shape index (κ1) is 7.03. The zero-order valence-corrected chi connectivity index (χ0v) is 6.00. The summed E-state index contributed by atoms with van der Waals surface area (Å²) in [6.45, 7) is 3.98. The lowest BCUT2D eigenvalue weighted by Gasteiger charge is -2.33. The van der Waals surface area contributed by atoms with Crippen molar-refractivity contribution in [3.8, 4) is 0 Å². The lowest BCUT2D eigenvalue weighted by Crippen LogP contribution is -2.40. The number of aliphatic hydroxyl groups excluding tert-OH is 1. The monoisotopic (exact) mass is 130 g/mol. The van der Waals surface area contributed by atoms with E-state index in [1.54, 1.807) is 0 Å². The van der Waals surface area contributed by atoms with Gasteiger partial charge in [0.05, 0.1) is 18.3 Å². The van der Waals surface area contributed by atoms with Crippen LogP contribution in [0.2, 0.25) is 0 Å². The van der Waals surface area contributed by atoms with E-state index in [-0.39, 0.29) is 18.3 Å². The molecule has 1 aliphatic carbocycles. The maximum Gasteiger partial charge on any atom is 0.0838 e. The molecule has 2 atom stereocenters. The van der Waals surface area contributed by atoms with Crippen LogP contribution in [0.5, 0.6) is 0 Å². The molecule has 0 aromatic rings. The minimum Gasteiger partial charge on any atom is -0.390 e. The largest absolute Gasteiger partial charge is 0.390 e. The van der Waals surface area contributed by atoms with Gasteiger partial charge in [-0.15, -0.1) is 0 Å². The average Bonchev–Trinajstić information content (AvgIpc) is 1.79. The van der Waals surface area contributed by atoms with Gasteiger partial charge in [0.2, 0.25) is 0 Å². The van der Waals surface area contributed by atoms with Gasteiger partial charge >= 0.3 is 0 Å². The number of rotatable bonds is 2. The summed E-state index contributed by atoms with van der Waals surface area (Å²) in [5.41, 5.74) is 0. The Morgan fingerprint density at radius 2 is 2.11 bits per heavy atom. The molecule has 1 rings (SSSR count). The zero-order chi connectivity index (χ0) is 6.85. The van der Waals surface area contributed by atoms with Gasteiger partial charge in [0.1, 0.15) is 0 Å². The lowest BCUT2D eigenvalue weighted by molar-refractivity contribution is -0.117. The van der Waals surface area contributed by atoms with E-state index in [1.807, 2.05) is 13.8 Å². The predicted molar refractivity (Wildman–Crippen MR) is 35.2 cm³/mol. The van der Waals surface area contributed by atoms with Crippen molar-refractivity contribution in [3.05, 3.63) is 0 Å². The molecular weight excluding hydrogens is 116 g/mol. The summed E-state index contributed by atoms with van der Waals surface area (Å²) in [6.07, 6.45) is 2.14. The van der Waals surface area contributed by atoms with Gasteiger partial charge < -0.3 is 9.84 Å². The minimum absolute atomic E-state index is 0.130. The molecule has 1 N–H and O–H groups in total. The highest BCUT2D eigenvalue weighted by atomic mass is 16.5. The normalized spacial score (nSPS) is 34.7. The van der Waals surface area contributed by atoms with E-state index in [0.717, 1.165) is 12.8 Å². The topological polar surface area (TPSA) is 29.5 Å². The molecule has 0 bridgehead atoms. The molecule has 2 heteroatoms. The first-order valence-electron chi connectivity index (χ1n) is 3.53. The van der Waals surface area contributed by atoms with Gasteiger partial charge in [-0.3, -0.25) is 0 Å². The maximum atomic E-state index is 9.03. The third-order valence-corrected chi connectivity index (χ3v) is 1.62. The fourth-order valence-corrected chi connectivity index (χ4v) is 0.960. The van der Waals surface area contributed by atoms with Gasteiger partial charge in [-0.2, -0.15) is 0 Å². The Morgan fingerprint density at radius 3 is 2.22 bits per heavy atom. The molecule has 0 heterocycles. The second-order valence-electron chi connectivity index (χ2n) is 2.87. The lowest BCUT2D eigenvalue weighted by atomic mass is 9.92. The molecule has 9 heavy (non-hydrogen) atoms. The SMILES string of the molecule is CC(C)OC1CCC1O. The van der Waals surface area contributed by atoms with Crippen molar-refractivity contribution in [2.45, 2.75) is 45.0 Å². The van der Waals surface area contributed by atoms with Crippen LogP contribution < -0.4 is 0 Å². The van der Waals surface area contributed by atoms with Crippen LogP contribution in [0.25, 0.3) is 0 Å². The van der Waals surface area contributed by atoms with E-state index < -0.39 is 0 Å². The zero-order valence-electron chi connectivity index (χ0n) is 6.00. The number of hydrogen-bond acceptors (Lipinski definition) is 2. The van der Waals surface area contributed by atoms with E-state index in [0.29, 0.717) is 0 Å². The van der Waals surface area contributed by atoms with Gasteiger partial charge in [-0.05, 0) is 26.7 Å². The number of aliphatic hydroxyl groups is 1.